The first-order chi connectivity index (χ1) is 15.3. The molecular formula is C20H10Cl5N5OS. The first-order valence-electron chi connectivity index (χ1n) is 8.82. The van der Waals surface area contributed by atoms with Crippen molar-refractivity contribution >= 4 is 98.1 Å². The van der Waals surface area contributed by atoms with E-state index in [2.05, 4.69) is 15.1 Å². The van der Waals surface area contributed by atoms with Crippen LogP contribution in [0.1, 0.15) is 10.4 Å². The molecule has 32 heavy (non-hydrogen) atoms. The summed E-state index contributed by atoms with van der Waals surface area (Å²) in [5.74, 6) is -0.420. The van der Waals surface area contributed by atoms with Gasteiger partial charge in [0.05, 0.1) is 31.3 Å². The summed E-state index contributed by atoms with van der Waals surface area (Å²) < 4.78 is 1.44. The lowest BCUT2D eigenvalue weighted by Gasteiger charge is -2.23. The first kappa shape index (κ1) is 23.0. The second-order valence-corrected chi connectivity index (χ2v) is 8.57. The predicted molar refractivity (Wildman–Crippen MR) is 134 cm³/mol. The molecule has 0 aliphatic carbocycles. The molecule has 0 radical (unpaired) electrons. The molecule has 162 valence electrons. The molecule has 6 nitrogen and oxygen atoms in total. The Labute approximate surface area is 212 Å². The fourth-order valence-corrected chi connectivity index (χ4v) is 4.32. The smallest absolute Gasteiger partial charge is 0.264 e. The van der Waals surface area contributed by atoms with Crippen molar-refractivity contribution in [2.75, 3.05) is 4.90 Å². The van der Waals surface area contributed by atoms with Crippen LogP contribution < -0.4 is 9.74 Å². The van der Waals surface area contributed by atoms with Gasteiger partial charge in [0.15, 0.2) is 5.11 Å². The van der Waals surface area contributed by atoms with Gasteiger partial charge in [-0.15, -0.1) is 5.10 Å². The van der Waals surface area contributed by atoms with E-state index in [1.807, 2.05) is 0 Å². The number of benzene rings is 3. The molecule has 0 aliphatic rings. The molecule has 1 heterocycles. The Bertz CT molecular complexity index is 1340. The number of hydrogen-bond acceptors (Lipinski definition) is 4. The highest BCUT2D eigenvalue weighted by Crippen LogP contribution is 2.37. The van der Waals surface area contributed by atoms with Crippen molar-refractivity contribution < 1.29 is 4.79 Å². The van der Waals surface area contributed by atoms with Crippen LogP contribution in [0, 0.1) is 0 Å². The summed E-state index contributed by atoms with van der Waals surface area (Å²) in [4.78, 5) is 16.6. The summed E-state index contributed by atoms with van der Waals surface area (Å²) in [6, 6.07) is 14.9. The number of amides is 1. The summed E-state index contributed by atoms with van der Waals surface area (Å²) in [6.45, 7) is 0. The third-order valence-electron chi connectivity index (χ3n) is 4.49. The zero-order chi connectivity index (χ0) is 23.0. The Morgan fingerprint density at radius 2 is 1.62 bits per heavy atom. The third-order valence-corrected chi connectivity index (χ3v) is 6.44. The number of aromatic nitrogens is 3. The van der Waals surface area contributed by atoms with E-state index in [9.17, 15) is 4.79 Å². The van der Waals surface area contributed by atoms with Gasteiger partial charge in [-0.05, 0) is 48.6 Å². The van der Waals surface area contributed by atoms with Crippen LogP contribution in [0.4, 0.5) is 5.69 Å². The number of halogens is 5. The molecule has 0 saturated carbocycles. The molecule has 4 rings (SSSR count). The molecule has 0 spiro atoms. The van der Waals surface area contributed by atoms with E-state index in [0.717, 1.165) is 0 Å². The lowest BCUT2D eigenvalue weighted by Crippen LogP contribution is -2.40. The van der Waals surface area contributed by atoms with Gasteiger partial charge in [-0.3, -0.25) is 14.5 Å². The Hall–Kier alpha value is -2.13. The molecule has 1 N–H and O–H groups in total. The highest BCUT2D eigenvalue weighted by Gasteiger charge is 2.25. The molecule has 4 aromatic rings. The number of carbonyl (C=O) groups excluding carboxylic acids is 1. The SMILES string of the molecule is O=C(c1ccccc1)N(C(=S)NCl)c1cc(Cl)c(-n2nnc3c(Cl)c(Cl)ccc32)c(Cl)c1. The van der Waals surface area contributed by atoms with Gasteiger partial charge in [0.2, 0.25) is 0 Å². The van der Waals surface area contributed by atoms with Crippen LogP contribution in [0.3, 0.4) is 0 Å². The maximum Gasteiger partial charge on any atom is 0.264 e. The van der Waals surface area contributed by atoms with Crippen LogP contribution >= 0.6 is 70.4 Å². The zero-order valence-electron chi connectivity index (χ0n) is 15.7. The minimum absolute atomic E-state index is 0.0481. The number of carbonyl (C=O) groups is 1. The number of nitrogens with one attached hydrogen (secondary N) is 1. The van der Waals surface area contributed by atoms with Crippen LogP contribution in [0.15, 0.2) is 54.6 Å². The number of fused-ring (bicyclic) bond motifs is 1. The number of thiocarbonyl (C=S) groups is 1. The maximum absolute atomic E-state index is 13.1. The van der Waals surface area contributed by atoms with Crippen molar-refractivity contribution in [2.45, 2.75) is 0 Å². The van der Waals surface area contributed by atoms with Crippen molar-refractivity contribution in [2.24, 2.45) is 0 Å². The standard InChI is InChI=1S/C20H10Cl5N5OS/c21-12-6-7-15-17(16(12)24)27-28-30(15)18-13(22)8-11(9-14(18)23)29(20(32)26-25)19(31)10-4-2-1-3-5-10/h1-9H,(H,26,32). The monoisotopic (exact) mass is 543 g/mol. The van der Waals surface area contributed by atoms with Gasteiger partial charge in [-0.1, -0.05) is 69.8 Å². The van der Waals surface area contributed by atoms with E-state index in [1.54, 1.807) is 42.5 Å². The highest BCUT2D eigenvalue weighted by atomic mass is 35.5. The van der Waals surface area contributed by atoms with Crippen LogP contribution in [0.2, 0.25) is 20.1 Å². The van der Waals surface area contributed by atoms with Gasteiger partial charge in [0.1, 0.15) is 11.2 Å². The summed E-state index contributed by atoms with van der Waals surface area (Å²) in [6.07, 6.45) is 0. The molecule has 0 bridgehead atoms. The van der Waals surface area contributed by atoms with E-state index in [-0.39, 0.29) is 20.2 Å². The lowest BCUT2D eigenvalue weighted by molar-refractivity contribution is 0.100. The average Bonchev–Trinajstić information content (AvgIpc) is 3.20. The molecule has 0 unspecified atom stereocenters. The average molecular weight is 546 g/mol. The Morgan fingerprint density at radius 3 is 2.25 bits per heavy atom. The third kappa shape index (κ3) is 4.12. The van der Waals surface area contributed by atoms with Gasteiger partial charge < -0.3 is 0 Å². The highest BCUT2D eigenvalue weighted by molar-refractivity contribution is 7.80. The minimum atomic E-state index is -0.420. The van der Waals surface area contributed by atoms with E-state index < -0.39 is 5.91 Å². The molecule has 0 aliphatic heterocycles. The second-order valence-electron chi connectivity index (χ2n) is 6.39. The fourth-order valence-electron chi connectivity index (χ4n) is 3.06. The largest absolute Gasteiger partial charge is 0.274 e. The zero-order valence-corrected chi connectivity index (χ0v) is 20.3. The Kier molecular flexibility index (Phi) is 6.76. The summed E-state index contributed by atoms with van der Waals surface area (Å²) >= 11 is 36.4. The van der Waals surface area contributed by atoms with Crippen LogP contribution in [-0.2, 0) is 0 Å². The van der Waals surface area contributed by atoms with Crippen molar-refractivity contribution in [1.29, 1.82) is 0 Å². The van der Waals surface area contributed by atoms with E-state index >= 15 is 0 Å². The summed E-state index contributed by atoms with van der Waals surface area (Å²) in [5, 5.41) is 9.12. The van der Waals surface area contributed by atoms with Crippen LogP contribution in [-0.4, -0.2) is 26.0 Å². The van der Waals surface area contributed by atoms with Gasteiger partial charge in [0.25, 0.3) is 5.91 Å². The van der Waals surface area contributed by atoms with E-state index in [0.29, 0.717) is 33.0 Å². The van der Waals surface area contributed by atoms with E-state index in [1.165, 1.54) is 21.7 Å². The minimum Gasteiger partial charge on any atom is -0.274 e. The molecule has 1 amide bonds. The molecule has 0 atom stereocenters. The Balaban J connectivity index is 1.84. The number of rotatable bonds is 3. The molecular weight excluding hydrogens is 536 g/mol. The van der Waals surface area contributed by atoms with Gasteiger partial charge in [-0.2, -0.15) is 0 Å². The topological polar surface area (TPSA) is 63.1 Å². The van der Waals surface area contributed by atoms with Crippen molar-refractivity contribution in [3.8, 4) is 5.69 Å². The molecule has 1 aromatic heterocycles. The van der Waals surface area contributed by atoms with Gasteiger partial charge in [-0.25, -0.2) is 4.68 Å². The van der Waals surface area contributed by atoms with Crippen molar-refractivity contribution in [1.82, 2.24) is 19.8 Å². The maximum atomic E-state index is 13.1. The first-order valence-corrected chi connectivity index (χ1v) is 11.1. The van der Waals surface area contributed by atoms with Gasteiger partial charge in [0, 0.05) is 17.3 Å². The molecule has 3 aromatic carbocycles. The quantitative estimate of drug-likeness (QED) is 0.229. The molecule has 0 fully saturated rings. The van der Waals surface area contributed by atoms with Crippen molar-refractivity contribution in [3.63, 3.8) is 0 Å². The van der Waals surface area contributed by atoms with Gasteiger partial charge >= 0.3 is 0 Å². The number of hydrogen-bond donors (Lipinski definition) is 1. The fraction of sp³-hybridized carbons (Fsp3) is 0. The second kappa shape index (κ2) is 9.39. The number of anilines is 1. The predicted octanol–water partition coefficient (Wildman–Crippen LogP) is 6.71. The van der Waals surface area contributed by atoms with Crippen LogP contribution in [0.5, 0.6) is 0 Å². The molecule has 12 heteroatoms. The molecule has 0 saturated heterocycles. The van der Waals surface area contributed by atoms with Crippen molar-refractivity contribution in [3.05, 3.63) is 80.3 Å². The normalized spacial score (nSPS) is 10.9. The summed E-state index contributed by atoms with van der Waals surface area (Å²) in [7, 11) is 0. The van der Waals surface area contributed by atoms with Crippen LogP contribution in [0.25, 0.3) is 16.7 Å². The van der Waals surface area contributed by atoms with E-state index in [4.69, 9.17) is 70.4 Å². The lowest BCUT2D eigenvalue weighted by atomic mass is 10.2. The summed E-state index contributed by atoms with van der Waals surface area (Å²) in [5.41, 5.74) is 1.98. The number of nitrogens with zero attached hydrogens (tertiary/aromatic N) is 4. The Morgan fingerprint density at radius 1 is 0.969 bits per heavy atom.